The number of amides is 1. The van der Waals surface area contributed by atoms with Crippen molar-refractivity contribution in [1.82, 2.24) is 15.0 Å². The van der Waals surface area contributed by atoms with Gasteiger partial charge < -0.3 is 14.5 Å². The molecule has 1 atom stereocenters. The fourth-order valence-electron chi connectivity index (χ4n) is 3.71. The van der Waals surface area contributed by atoms with Gasteiger partial charge in [0.25, 0.3) is 0 Å². The van der Waals surface area contributed by atoms with Gasteiger partial charge in [0.15, 0.2) is 0 Å². The molecule has 29 heavy (non-hydrogen) atoms. The molecule has 1 amide bonds. The van der Waals surface area contributed by atoms with E-state index in [-0.39, 0.29) is 23.9 Å². The number of aromatic carboxylic acids is 1. The number of benzene rings is 2. The normalized spacial score (nSPS) is 16.6. The van der Waals surface area contributed by atoms with Crippen LogP contribution in [0.2, 0.25) is 0 Å². The van der Waals surface area contributed by atoms with Gasteiger partial charge in [0.1, 0.15) is 6.04 Å². The Labute approximate surface area is 168 Å². The van der Waals surface area contributed by atoms with Crippen LogP contribution >= 0.6 is 0 Å². The van der Waals surface area contributed by atoms with Crippen molar-refractivity contribution >= 4 is 11.9 Å². The number of carboxylic acid groups (broad SMARTS) is 1. The van der Waals surface area contributed by atoms with Crippen molar-refractivity contribution in [2.75, 3.05) is 6.54 Å². The zero-order valence-electron chi connectivity index (χ0n) is 15.8. The molecule has 7 nitrogen and oxygen atoms in total. The summed E-state index contributed by atoms with van der Waals surface area (Å²) in [6, 6.07) is 15.8. The van der Waals surface area contributed by atoms with Gasteiger partial charge in [-0.3, -0.25) is 4.79 Å². The number of hydrogen-bond donors (Lipinski definition) is 1. The summed E-state index contributed by atoms with van der Waals surface area (Å²) in [5.41, 5.74) is 1.51. The molecule has 0 spiro atoms. The standard InChI is InChI=1S/C22H21N3O4/c26-19(14-16-10-4-5-11-17(16)22(27)28)25-13-7-6-12-18(25)21-23-20(24-29-21)15-8-2-1-3-9-15/h1-5,8-11,18H,6-7,12-14H2,(H,27,28). The number of hydrogen-bond acceptors (Lipinski definition) is 5. The summed E-state index contributed by atoms with van der Waals surface area (Å²) in [7, 11) is 0. The fourth-order valence-corrected chi connectivity index (χ4v) is 3.71. The van der Waals surface area contributed by atoms with E-state index in [0.717, 1.165) is 24.8 Å². The van der Waals surface area contributed by atoms with Crippen molar-refractivity contribution in [2.45, 2.75) is 31.7 Å². The average Bonchev–Trinajstić information content (AvgIpc) is 3.25. The lowest BCUT2D eigenvalue weighted by Gasteiger charge is -2.33. The first-order valence-electron chi connectivity index (χ1n) is 9.63. The third-order valence-corrected chi connectivity index (χ3v) is 5.17. The van der Waals surface area contributed by atoms with E-state index in [1.54, 1.807) is 23.1 Å². The first kappa shape index (κ1) is 18.9. The Bertz CT molecular complexity index is 1020. The van der Waals surface area contributed by atoms with E-state index >= 15 is 0 Å². The molecule has 7 heteroatoms. The minimum Gasteiger partial charge on any atom is -0.478 e. The van der Waals surface area contributed by atoms with Gasteiger partial charge in [0.2, 0.25) is 17.6 Å². The predicted molar refractivity (Wildman–Crippen MR) is 105 cm³/mol. The van der Waals surface area contributed by atoms with Crippen LogP contribution in [-0.2, 0) is 11.2 Å². The molecule has 2 aromatic carbocycles. The highest BCUT2D eigenvalue weighted by molar-refractivity contribution is 5.91. The third kappa shape index (κ3) is 4.03. The van der Waals surface area contributed by atoms with E-state index < -0.39 is 5.97 Å². The van der Waals surface area contributed by atoms with Crippen molar-refractivity contribution in [3.8, 4) is 11.4 Å². The van der Waals surface area contributed by atoms with Crippen molar-refractivity contribution in [1.29, 1.82) is 0 Å². The summed E-state index contributed by atoms with van der Waals surface area (Å²) in [5, 5.41) is 13.4. The number of carbonyl (C=O) groups excluding carboxylic acids is 1. The van der Waals surface area contributed by atoms with Gasteiger partial charge in [-0.1, -0.05) is 53.7 Å². The largest absolute Gasteiger partial charge is 0.478 e. The van der Waals surface area contributed by atoms with Crippen LogP contribution in [-0.4, -0.2) is 38.6 Å². The van der Waals surface area contributed by atoms with E-state index in [1.807, 2.05) is 30.3 Å². The Morgan fingerprint density at radius 2 is 1.83 bits per heavy atom. The minimum absolute atomic E-state index is 0.0264. The average molecular weight is 391 g/mol. The lowest BCUT2D eigenvalue weighted by Crippen LogP contribution is -2.39. The van der Waals surface area contributed by atoms with Crippen molar-refractivity contribution in [2.24, 2.45) is 0 Å². The summed E-state index contributed by atoms with van der Waals surface area (Å²) >= 11 is 0. The zero-order valence-corrected chi connectivity index (χ0v) is 15.8. The Kier molecular flexibility index (Phi) is 5.37. The smallest absolute Gasteiger partial charge is 0.335 e. The number of carbonyl (C=O) groups is 2. The van der Waals surface area contributed by atoms with Gasteiger partial charge in [0.05, 0.1) is 12.0 Å². The Balaban J connectivity index is 1.56. The van der Waals surface area contributed by atoms with E-state index in [1.165, 1.54) is 6.07 Å². The monoisotopic (exact) mass is 391 g/mol. The molecule has 1 fully saturated rings. The molecule has 148 valence electrons. The number of likely N-dealkylation sites (tertiary alicyclic amines) is 1. The van der Waals surface area contributed by atoms with E-state index in [4.69, 9.17) is 4.52 Å². The first-order chi connectivity index (χ1) is 14.1. The summed E-state index contributed by atoms with van der Waals surface area (Å²) in [6.07, 6.45) is 2.62. The van der Waals surface area contributed by atoms with Crippen LogP contribution in [0.5, 0.6) is 0 Å². The lowest BCUT2D eigenvalue weighted by atomic mass is 9.99. The number of nitrogens with zero attached hydrogens (tertiary/aromatic N) is 3. The van der Waals surface area contributed by atoms with E-state index in [0.29, 0.717) is 23.8 Å². The molecular weight excluding hydrogens is 370 g/mol. The molecule has 1 aliphatic heterocycles. The van der Waals surface area contributed by atoms with Crippen LogP contribution < -0.4 is 0 Å². The van der Waals surface area contributed by atoms with Gasteiger partial charge in [-0.2, -0.15) is 4.98 Å². The number of aromatic nitrogens is 2. The molecular formula is C22H21N3O4. The number of piperidine rings is 1. The Morgan fingerprint density at radius 1 is 1.07 bits per heavy atom. The fraction of sp³-hybridized carbons (Fsp3) is 0.273. The van der Waals surface area contributed by atoms with Crippen molar-refractivity contribution in [3.63, 3.8) is 0 Å². The maximum Gasteiger partial charge on any atom is 0.335 e. The highest BCUT2D eigenvalue weighted by Gasteiger charge is 2.32. The van der Waals surface area contributed by atoms with Crippen LogP contribution in [0.4, 0.5) is 0 Å². The molecule has 0 bridgehead atoms. The molecule has 1 aliphatic rings. The van der Waals surface area contributed by atoms with Gasteiger partial charge in [-0.15, -0.1) is 0 Å². The van der Waals surface area contributed by atoms with Crippen molar-refractivity contribution < 1.29 is 19.2 Å². The maximum atomic E-state index is 13.0. The topological polar surface area (TPSA) is 96.5 Å². The quantitative estimate of drug-likeness (QED) is 0.712. The second-order valence-electron chi connectivity index (χ2n) is 7.06. The molecule has 3 aromatic rings. The molecule has 1 N–H and O–H groups in total. The van der Waals surface area contributed by atoms with Gasteiger partial charge >= 0.3 is 5.97 Å². The summed E-state index contributed by atoms with van der Waals surface area (Å²) in [6.45, 7) is 0.585. The second-order valence-corrected chi connectivity index (χ2v) is 7.06. The van der Waals surface area contributed by atoms with Crippen LogP contribution in [0.1, 0.15) is 47.1 Å². The molecule has 0 radical (unpaired) electrons. The number of carboxylic acids is 1. The zero-order chi connectivity index (χ0) is 20.2. The lowest BCUT2D eigenvalue weighted by molar-refractivity contribution is -0.135. The Morgan fingerprint density at radius 3 is 2.62 bits per heavy atom. The molecule has 2 heterocycles. The molecule has 1 saturated heterocycles. The first-order valence-corrected chi connectivity index (χ1v) is 9.63. The SMILES string of the molecule is O=C(O)c1ccccc1CC(=O)N1CCCCC1c1nc(-c2ccccc2)no1. The molecule has 0 aliphatic carbocycles. The highest BCUT2D eigenvalue weighted by atomic mass is 16.5. The van der Waals surface area contributed by atoms with Gasteiger partial charge in [-0.05, 0) is 30.9 Å². The predicted octanol–water partition coefficient (Wildman–Crippen LogP) is 3.73. The third-order valence-electron chi connectivity index (χ3n) is 5.17. The number of rotatable bonds is 5. The highest BCUT2D eigenvalue weighted by Crippen LogP contribution is 2.31. The summed E-state index contributed by atoms with van der Waals surface area (Å²) < 4.78 is 5.50. The van der Waals surface area contributed by atoms with Crippen molar-refractivity contribution in [3.05, 3.63) is 71.6 Å². The Hall–Kier alpha value is -3.48. The minimum atomic E-state index is -1.03. The molecule has 0 saturated carbocycles. The molecule has 1 aromatic heterocycles. The van der Waals surface area contributed by atoms with Crippen LogP contribution in [0.15, 0.2) is 59.1 Å². The van der Waals surface area contributed by atoms with E-state index in [2.05, 4.69) is 10.1 Å². The van der Waals surface area contributed by atoms with Crippen LogP contribution in [0.3, 0.4) is 0 Å². The summed E-state index contributed by atoms with van der Waals surface area (Å²) in [4.78, 5) is 30.8. The molecule has 4 rings (SSSR count). The second kappa shape index (κ2) is 8.26. The van der Waals surface area contributed by atoms with Gasteiger partial charge in [0, 0.05) is 12.1 Å². The van der Waals surface area contributed by atoms with Crippen LogP contribution in [0, 0.1) is 0 Å². The van der Waals surface area contributed by atoms with Crippen LogP contribution in [0.25, 0.3) is 11.4 Å². The van der Waals surface area contributed by atoms with E-state index in [9.17, 15) is 14.7 Å². The maximum absolute atomic E-state index is 13.0. The summed E-state index contributed by atoms with van der Waals surface area (Å²) in [5.74, 6) is -0.255. The molecule has 1 unspecified atom stereocenters. The van der Waals surface area contributed by atoms with Gasteiger partial charge in [-0.25, -0.2) is 4.79 Å².